The summed E-state index contributed by atoms with van der Waals surface area (Å²) in [4.78, 5) is 0. The lowest BCUT2D eigenvalue weighted by atomic mass is 9.95. The average Bonchev–Trinajstić information content (AvgIpc) is 2.63. The van der Waals surface area contributed by atoms with Gasteiger partial charge in [-0.2, -0.15) is 0 Å². The monoisotopic (exact) mass is 271 g/mol. The Kier molecular flexibility index (Phi) is 3.11. The second-order valence-corrected chi connectivity index (χ2v) is 5.31. The van der Waals surface area contributed by atoms with Crippen LogP contribution in [0.2, 0.25) is 5.28 Å². The van der Waals surface area contributed by atoms with E-state index in [1.54, 1.807) is 0 Å². The van der Waals surface area contributed by atoms with Crippen molar-refractivity contribution in [1.29, 1.82) is 0 Å². The van der Waals surface area contributed by atoms with Gasteiger partial charge >= 0.3 is 0 Å². The zero-order valence-electron chi connectivity index (χ0n) is 10.2. The van der Waals surface area contributed by atoms with Gasteiger partial charge < -0.3 is 0 Å². The summed E-state index contributed by atoms with van der Waals surface area (Å²) in [6, 6.07) is 3.17. The molecule has 2 aromatic rings. The van der Waals surface area contributed by atoms with Gasteiger partial charge in [0.2, 0.25) is 5.28 Å². The summed E-state index contributed by atoms with van der Waals surface area (Å²) in [6.45, 7) is 5.67. The van der Waals surface area contributed by atoms with E-state index in [1.807, 2.05) is 20.8 Å². The molecule has 0 aliphatic rings. The summed E-state index contributed by atoms with van der Waals surface area (Å²) >= 11 is 5.91. The van der Waals surface area contributed by atoms with E-state index in [9.17, 15) is 8.78 Å². The molecule has 1 aromatic heterocycles. The first kappa shape index (κ1) is 13.0. The van der Waals surface area contributed by atoms with Gasteiger partial charge in [0.15, 0.2) is 0 Å². The first-order valence-corrected chi connectivity index (χ1v) is 5.75. The molecule has 18 heavy (non-hydrogen) atoms. The zero-order chi connectivity index (χ0) is 13.5. The van der Waals surface area contributed by atoms with Crippen LogP contribution in [0.1, 0.15) is 26.6 Å². The Hall–Kier alpha value is -1.49. The molecule has 0 N–H and O–H groups in total. The van der Waals surface area contributed by atoms with E-state index in [1.165, 1.54) is 4.57 Å². The smallest absolute Gasteiger partial charge is 0.229 e. The zero-order valence-corrected chi connectivity index (χ0v) is 11.0. The van der Waals surface area contributed by atoms with Crippen molar-refractivity contribution in [2.45, 2.75) is 26.2 Å². The van der Waals surface area contributed by atoms with Crippen LogP contribution in [0.25, 0.3) is 5.69 Å². The highest BCUT2D eigenvalue weighted by Crippen LogP contribution is 2.28. The molecule has 0 aliphatic heterocycles. The van der Waals surface area contributed by atoms with Crippen LogP contribution >= 0.6 is 11.6 Å². The van der Waals surface area contributed by atoms with Gasteiger partial charge in [-0.3, -0.25) is 4.57 Å². The third-order valence-electron chi connectivity index (χ3n) is 2.44. The van der Waals surface area contributed by atoms with Crippen molar-refractivity contribution in [3.8, 4) is 5.69 Å². The predicted octanol–water partition coefficient (Wildman–Crippen LogP) is 3.50. The summed E-state index contributed by atoms with van der Waals surface area (Å²) in [7, 11) is 0. The first-order chi connectivity index (χ1) is 8.30. The van der Waals surface area contributed by atoms with Crippen LogP contribution in [0.4, 0.5) is 8.78 Å². The number of nitrogens with zero attached hydrogens (tertiary/aromatic N) is 3. The average molecular weight is 272 g/mol. The minimum absolute atomic E-state index is 0.00410. The molecule has 2 rings (SSSR count). The predicted molar refractivity (Wildman–Crippen MR) is 65.0 cm³/mol. The molecule has 0 saturated heterocycles. The molecular formula is C12H12ClF2N3. The Morgan fingerprint density at radius 2 is 1.83 bits per heavy atom. The van der Waals surface area contributed by atoms with Gasteiger partial charge in [-0.1, -0.05) is 20.8 Å². The van der Waals surface area contributed by atoms with Crippen LogP contribution in [0.5, 0.6) is 0 Å². The van der Waals surface area contributed by atoms with Crippen LogP contribution in [-0.4, -0.2) is 14.8 Å². The van der Waals surface area contributed by atoms with Crippen molar-refractivity contribution < 1.29 is 8.78 Å². The number of aromatic nitrogens is 3. The van der Waals surface area contributed by atoms with Crippen LogP contribution < -0.4 is 0 Å². The Morgan fingerprint density at radius 1 is 1.17 bits per heavy atom. The van der Waals surface area contributed by atoms with E-state index < -0.39 is 11.6 Å². The molecule has 1 aromatic carbocycles. The summed E-state index contributed by atoms with van der Waals surface area (Å²) in [5, 5.41) is 7.65. The number of rotatable bonds is 1. The molecule has 0 radical (unpaired) electrons. The molecule has 0 unspecified atom stereocenters. The number of halogens is 3. The lowest BCUT2D eigenvalue weighted by Crippen LogP contribution is -2.19. The van der Waals surface area contributed by atoms with Gasteiger partial charge in [0.05, 0.1) is 5.69 Å². The second kappa shape index (κ2) is 4.31. The molecular weight excluding hydrogens is 260 g/mol. The van der Waals surface area contributed by atoms with Crippen molar-refractivity contribution in [1.82, 2.24) is 14.8 Å². The van der Waals surface area contributed by atoms with Crippen LogP contribution in [0.3, 0.4) is 0 Å². The van der Waals surface area contributed by atoms with Gasteiger partial charge in [-0.05, 0) is 23.7 Å². The molecule has 0 aliphatic carbocycles. The lowest BCUT2D eigenvalue weighted by molar-refractivity contribution is 0.524. The van der Waals surface area contributed by atoms with Gasteiger partial charge in [0, 0.05) is 11.5 Å². The molecule has 1 heterocycles. The molecule has 3 nitrogen and oxygen atoms in total. The van der Waals surface area contributed by atoms with Gasteiger partial charge in [0.25, 0.3) is 0 Å². The van der Waals surface area contributed by atoms with Gasteiger partial charge in [-0.25, -0.2) is 8.78 Å². The maximum atomic E-state index is 13.8. The van der Waals surface area contributed by atoms with Crippen molar-refractivity contribution in [3.05, 3.63) is 40.9 Å². The highest BCUT2D eigenvalue weighted by atomic mass is 35.5. The molecule has 0 saturated carbocycles. The number of benzene rings is 1. The third-order valence-corrected chi connectivity index (χ3v) is 2.69. The molecule has 0 spiro atoms. The lowest BCUT2D eigenvalue weighted by Gasteiger charge is -2.19. The SMILES string of the molecule is CC(C)(C)c1nnc(Cl)n1-c1cc(F)ccc1F. The second-order valence-electron chi connectivity index (χ2n) is 4.97. The van der Waals surface area contributed by atoms with E-state index >= 15 is 0 Å². The summed E-state index contributed by atoms with van der Waals surface area (Å²) in [5.41, 5.74) is -0.381. The quantitative estimate of drug-likeness (QED) is 0.795. The fraction of sp³-hybridized carbons (Fsp3) is 0.333. The maximum absolute atomic E-state index is 13.8. The van der Waals surface area contributed by atoms with E-state index in [4.69, 9.17) is 11.6 Å². The minimum atomic E-state index is -0.580. The maximum Gasteiger partial charge on any atom is 0.229 e. The van der Waals surface area contributed by atoms with E-state index in [0.29, 0.717) is 5.82 Å². The van der Waals surface area contributed by atoms with Crippen LogP contribution in [0, 0.1) is 11.6 Å². The van der Waals surface area contributed by atoms with E-state index in [-0.39, 0.29) is 16.4 Å². The third kappa shape index (κ3) is 2.22. The van der Waals surface area contributed by atoms with E-state index in [2.05, 4.69) is 10.2 Å². The van der Waals surface area contributed by atoms with Crippen molar-refractivity contribution in [2.24, 2.45) is 0 Å². The summed E-state index contributed by atoms with van der Waals surface area (Å²) < 4.78 is 28.3. The van der Waals surface area contributed by atoms with Gasteiger partial charge in [0.1, 0.15) is 17.5 Å². The summed E-state index contributed by atoms with van der Waals surface area (Å²) in [6.07, 6.45) is 0. The Morgan fingerprint density at radius 3 is 2.44 bits per heavy atom. The molecule has 0 fully saturated rings. The Labute approximate surface area is 108 Å². The topological polar surface area (TPSA) is 30.7 Å². The number of hydrogen-bond acceptors (Lipinski definition) is 2. The Bertz CT molecular complexity index is 587. The Balaban J connectivity index is 2.71. The molecule has 0 bridgehead atoms. The molecule has 6 heteroatoms. The number of hydrogen-bond donors (Lipinski definition) is 0. The van der Waals surface area contributed by atoms with Crippen molar-refractivity contribution in [2.75, 3.05) is 0 Å². The van der Waals surface area contributed by atoms with Crippen molar-refractivity contribution in [3.63, 3.8) is 0 Å². The first-order valence-electron chi connectivity index (χ1n) is 5.37. The summed E-state index contributed by atoms with van der Waals surface area (Å²) in [5.74, 6) is -0.656. The normalized spacial score (nSPS) is 11.9. The van der Waals surface area contributed by atoms with Crippen molar-refractivity contribution >= 4 is 11.6 Å². The van der Waals surface area contributed by atoms with E-state index in [0.717, 1.165) is 18.2 Å². The standard InChI is InChI=1S/C12H12ClF2N3/c1-12(2,3)10-16-17-11(13)18(10)9-6-7(14)4-5-8(9)15/h4-6H,1-3H3. The molecule has 0 amide bonds. The highest BCUT2D eigenvalue weighted by Gasteiger charge is 2.25. The molecule has 96 valence electrons. The molecule has 0 atom stereocenters. The largest absolute Gasteiger partial charge is 0.266 e. The van der Waals surface area contributed by atoms with Gasteiger partial charge in [-0.15, -0.1) is 10.2 Å². The van der Waals surface area contributed by atoms with Crippen LogP contribution in [0.15, 0.2) is 18.2 Å². The fourth-order valence-electron chi connectivity index (χ4n) is 1.62. The highest BCUT2D eigenvalue weighted by molar-refractivity contribution is 6.28. The minimum Gasteiger partial charge on any atom is -0.266 e. The fourth-order valence-corrected chi connectivity index (χ4v) is 1.83. The van der Waals surface area contributed by atoms with Crippen LogP contribution in [-0.2, 0) is 5.41 Å².